The first-order valence-corrected chi connectivity index (χ1v) is 4.06. The first-order chi connectivity index (χ1) is 4.33. The molecule has 1 heteroatoms. The van der Waals surface area contributed by atoms with E-state index in [0.717, 1.165) is 12.0 Å². The molecule has 9 heavy (non-hydrogen) atoms. The molecule has 0 amide bonds. The summed E-state index contributed by atoms with van der Waals surface area (Å²) >= 11 is 0. The molecule has 0 bridgehead atoms. The van der Waals surface area contributed by atoms with Crippen molar-refractivity contribution < 1.29 is 0 Å². The molecule has 0 radical (unpaired) electrons. The normalized spacial score (nSPS) is 36.7. The van der Waals surface area contributed by atoms with Crippen LogP contribution in [-0.2, 0) is 0 Å². The summed E-state index contributed by atoms with van der Waals surface area (Å²) in [7, 11) is 0. The van der Waals surface area contributed by atoms with Gasteiger partial charge in [-0.15, -0.1) is 0 Å². The van der Waals surface area contributed by atoms with E-state index in [2.05, 4.69) is 19.2 Å². The Kier molecular flexibility index (Phi) is 2.52. The molecule has 0 unspecified atom stereocenters. The van der Waals surface area contributed by atoms with E-state index < -0.39 is 0 Å². The van der Waals surface area contributed by atoms with Gasteiger partial charge in [-0.3, -0.25) is 0 Å². The average Bonchev–Trinajstić information content (AvgIpc) is 1.88. The number of piperidine rings is 1. The van der Waals surface area contributed by atoms with Crippen molar-refractivity contribution in [2.75, 3.05) is 6.54 Å². The molecular formula is C8H17N. The molecule has 1 aliphatic rings. The fraction of sp³-hybridized carbons (Fsp3) is 1.00. The average molecular weight is 127 g/mol. The summed E-state index contributed by atoms with van der Waals surface area (Å²) in [6.07, 6.45) is 4.14. The highest BCUT2D eigenvalue weighted by molar-refractivity contribution is 4.73. The zero-order chi connectivity index (χ0) is 6.69. The smallest absolute Gasteiger partial charge is 0.00413 e. The molecule has 0 saturated carbocycles. The van der Waals surface area contributed by atoms with Gasteiger partial charge in [0.25, 0.3) is 0 Å². The molecule has 54 valence electrons. The van der Waals surface area contributed by atoms with Gasteiger partial charge in [-0.05, 0) is 32.2 Å². The quantitative estimate of drug-likeness (QED) is 0.566. The highest BCUT2D eigenvalue weighted by Crippen LogP contribution is 2.18. The van der Waals surface area contributed by atoms with Crippen LogP contribution >= 0.6 is 0 Å². The van der Waals surface area contributed by atoms with Crippen molar-refractivity contribution in [2.45, 2.75) is 39.2 Å². The SMILES string of the molecule is CC[C@@H]1CCN[C@@H](C)C1. The van der Waals surface area contributed by atoms with Crippen molar-refractivity contribution in [1.82, 2.24) is 5.32 Å². The van der Waals surface area contributed by atoms with Gasteiger partial charge in [0.2, 0.25) is 0 Å². The summed E-state index contributed by atoms with van der Waals surface area (Å²) < 4.78 is 0. The maximum Gasteiger partial charge on any atom is 0.00413 e. The van der Waals surface area contributed by atoms with Crippen molar-refractivity contribution >= 4 is 0 Å². The van der Waals surface area contributed by atoms with Crippen molar-refractivity contribution in [1.29, 1.82) is 0 Å². The topological polar surface area (TPSA) is 12.0 Å². The Morgan fingerprint density at radius 3 is 2.78 bits per heavy atom. The van der Waals surface area contributed by atoms with E-state index >= 15 is 0 Å². The second kappa shape index (κ2) is 3.21. The zero-order valence-corrected chi connectivity index (χ0v) is 6.48. The lowest BCUT2D eigenvalue weighted by Gasteiger charge is -2.26. The maximum atomic E-state index is 3.45. The lowest BCUT2D eigenvalue weighted by molar-refractivity contribution is 0.308. The van der Waals surface area contributed by atoms with Gasteiger partial charge in [0.05, 0.1) is 0 Å². The molecule has 0 aliphatic carbocycles. The molecular weight excluding hydrogens is 110 g/mol. The fourth-order valence-corrected chi connectivity index (χ4v) is 1.61. The summed E-state index contributed by atoms with van der Waals surface area (Å²) in [5, 5.41) is 3.45. The van der Waals surface area contributed by atoms with Crippen molar-refractivity contribution in [3.8, 4) is 0 Å². The van der Waals surface area contributed by atoms with E-state index in [9.17, 15) is 0 Å². The number of hydrogen-bond donors (Lipinski definition) is 1. The van der Waals surface area contributed by atoms with Crippen LogP contribution in [-0.4, -0.2) is 12.6 Å². The third-order valence-electron chi connectivity index (χ3n) is 2.31. The predicted molar refractivity (Wildman–Crippen MR) is 40.5 cm³/mol. The fourth-order valence-electron chi connectivity index (χ4n) is 1.61. The number of nitrogens with one attached hydrogen (secondary N) is 1. The molecule has 0 aromatic rings. The van der Waals surface area contributed by atoms with Crippen LogP contribution in [0, 0.1) is 5.92 Å². The van der Waals surface area contributed by atoms with Gasteiger partial charge in [0, 0.05) is 6.04 Å². The van der Waals surface area contributed by atoms with Crippen LogP contribution in [0.1, 0.15) is 33.1 Å². The van der Waals surface area contributed by atoms with Gasteiger partial charge in [-0.25, -0.2) is 0 Å². The molecule has 0 aromatic carbocycles. The van der Waals surface area contributed by atoms with Crippen LogP contribution in [0.2, 0.25) is 0 Å². The van der Waals surface area contributed by atoms with E-state index in [0.29, 0.717) is 0 Å². The van der Waals surface area contributed by atoms with Crippen LogP contribution in [0.3, 0.4) is 0 Å². The number of hydrogen-bond acceptors (Lipinski definition) is 1. The Bertz CT molecular complexity index is 80.6. The number of rotatable bonds is 1. The molecule has 1 nitrogen and oxygen atoms in total. The molecule has 0 spiro atoms. The minimum atomic E-state index is 0.767. The standard InChI is InChI=1S/C8H17N/c1-3-8-4-5-9-7(2)6-8/h7-9H,3-6H2,1-2H3/t7-,8+/m0/s1. The summed E-state index contributed by atoms with van der Waals surface area (Å²) in [5.74, 6) is 1.00. The lowest BCUT2D eigenvalue weighted by atomic mass is 9.91. The van der Waals surface area contributed by atoms with Crippen molar-refractivity contribution in [3.05, 3.63) is 0 Å². The van der Waals surface area contributed by atoms with Crippen LogP contribution in [0.4, 0.5) is 0 Å². The third-order valence-corrected chi connectivity index (χ3v) is 2.31. The van der Waals surface area contributed by atoms with E-state index in [1.54, 1.807) is 0 Å². The molecule has 2 atom stereocenters. The van der Waals surface area contributed by atoms with E-state index in [-0.39, 0.29) is 0 Å². The second-order valence-electron chi connectivity index (χ2n) is 3.15. The van der Waals surface area contributed by atoms with E-state index in [1.165, 1.54) is 25.8 Å². The monoisotopic (exact) mass is 127 g/mol. The summed E-state index contributed by atoms with van der Waals surface area (Å²) in [4.78, 5) is 0. The van der Waals surface area contributed by atoms with Crippen molar-refractivity contribution in [2.24, 2.45) is 5.92 Å². The molecule has 0 aromatic heterocycles. The molecule has 1 fully saturated rings. The molecule has 1 N–H and O–H groups in total. The Hall–Kier alpha value is -0.0400. The van der Waals surface area contributed by atoms with Gasteiger partial charge < -0.3 is 5.32 Å². The largest absolute Gasteiger partial charge is 0.314 e. The van der Waals surface area contributed by atoms with Gasteiger partial charge in [-0.2, -0.15) is 0 Å². The highest BCUT2D eigenvalue weighted by atomic mass is 14.9. The first-order valence-electron chi connectivity index (χ1n) is 4.06. The van der Waals surface area contributed by atoms with Crippen LogP contribution in [0.15, 0.2) is 0 Å². The Morgan fingerprint density at radius 2 is 2.33 bits per heavy atom. The minimum Gasteiger partial charge on any atom is -0.314 e. The minimum absolute atomic E-state index is 0.767. The summed E-state index contributed by atoms with van der Waals surface area (Å²) in [6, 6.07) is 0.767. The molecule has 1 saturated heterocycles. The lowest BCUT2D eigenvalue weighted by Crippen LogP contribution is -2.35. The van der Waals surface area contributed by atoms with Gasteiger partial charge in [-0.1, -0.05) is 13.3 Å². The molecule has 1 rings (SSSR count). The van der Waals surface area contributed by atoms with Crippen LogP contribution in [0.5, 0.6) is 0 Å². The summed E-state index contributed by atoms with van der Waals surface area (Å²) in [5.41, 5.74) is 0. The predicted octanol–water partition coefficient (Wildman–Crippen LogP) is 1.78. The maximum absolute atomic E-state index is 3.45. The second-order valence-corrected chi connectivity index (χ2v) is 3.15. The Labute approximate surface area is 57.8 Å². The first kappa shape index (κ1) is 7.07. The van der Waals surface area contributed by atoms with Gasteiger partial charge in [0.1, 0.15) is 0 Å². The van der Waals surface area contributed by atoms with Gasteiger partial charge in [0.15, 0.2) is 0 Å². The zero-order valence-electron chi connectivity index (χ0n) is 6.48. The molecule has 1 aliphatic heterocycles. The van der Waals surface area contributed by atoms with Crippen molar-refractivity contribution in [3.63, 3.8) is 0 Å². The third kappa shape index (κ3) is 1.98. The van der Waals surface area contributed by atoms with E-state index in [4.69, 9.17) is 0 Å². The Morgan fingerprint density at radius 1 is 1.56 bits per heavy atom. The van der Waals surface area contributed by atoms with Crippen LogP contribution < -0.4 is 5.32 Å². The Balaban J connectivity index is 2.23. The van der Waals surface area contributed by atoms with Crippen LogP contribution in [0.25, 0.3) is 0 Å². The molecule has 1 heterocycles. The summed E-state index contributed by atoms with van der Waals surface area (Å²) in [6.45, 7) is 5.81. The van der Waals surface area contributed by atoms with Gasteiger partial charge >= 0.3 is 0 Å². The van der Waals surface area contributed by atoms with E-state index in [1.807, 2.05) is 0 Å². The highest BCUT2D eigenvalue weighted by Gasteiger charge is 2.15.